The minimum absolute atomic E-state index is 0.0111. The molecule has 172 valence electrons. The topological polar surface area (TPSA) is 105 Å². The zero-order valence-electron chi connectivity index (χ0n) is 18.1. The molecule has 2 aliphatic heterocycles. The SMILES string of the molecule is O=C(NCCC(=O)N1C(C(=O)O)C[C@H]2OCC[C@H]21)OCC1c2ccccc2-c2ccccc21. The van der Waals surface area contributed by atoms with Crippen molar-refractivity contribution in [3.63, 3.8) is 0 Å². The number of nitrogens with one attached hydrogen (secondary N) is 1. The molecule has 8 nitrogen and oxygen atoms in total. The third kappa shape index (κ3) is 3.95. The maximum Gasteiger partial charge on any atom is 0.407 e. The van der Waals surface area contributed by atoms with Crippen molar-refractivity contribution in [3.8, 4) is 11.1 Å². The van der Waals surface area contributed by atoms with E-state index in [2.05, 4.69) is 29.6 Å². The van der Waals surface area contributed by atoms with E-state index in [0.29, 0.717) is 19.4 Å². The van der Waals surface area contributed by atoms with Crippen molar-refractivity contribution in [2.75, 3.05) is 19.8 Å². The number of rotatable bonds is 6. The first-order valence-corrected chi connectivity index (χ1v) is 11.3. The van der Waals surface area contributed by atoms with Crippen molar-refractivity contribution >= 4 is 18.0 Å². The lowest BCUT2D eigenvalue weighted by atomic mass is 9.98. The third-order valence-electron chi connectivity index (χ3n) is 6.85. The lowest BCUT2D eigenvalue weighted by Crippen LogP contribution is -2.46. The third-order valence-corrected chi connectivity index (χ3v) is 6.85. The second-order valence-corrected chi connectivity index (χ2v) is 8.66. The van der Waals surface area contributed by atoms with Crippen LogP contribution in [-0.4, -0.2) is 65.9 Å². The molecule has 3 atom stereocenters. The van der Waals surface area contributed by atoms with Crippen LogP contribution in [0.2, 0.25) is 0 Å². The van der Waals surface area contributed by atoms with Gasteiger partial charge in [-0.25, -0.2) is 9.59 Å². The molecular formula is C25H26N2O6. The number of benzene rings is 2. The summed E-state index contributed by atoms with van der Waals surface area (Å²) in [5.41, 5.74) is 4.56. The summed E-state index contributed by atoms with van der Waals surface area (Å²) in [6.45, 7) is 0.808. The number of likely N-dealkylation sites (tertiary alicyclic amines) is 1. The fraction of sp³-hybridized carbons (Fsp3) is 0.400. The zero-order chi connectivity index (χ0) is 22.9. The highest BCUT2D eigenvalue weighted by molar-refractivity contribution is 5.85. The Hall–Kier alpha value is -3.39. The van der Waals surface area contributed by atoms with Gasteiger partial charge in [-0.05, 0) is 28.7 Å². The molecule has 0 aromatic heterocycles. The number of aliphatic carboxylic acids is 1. The minimum atomic E-state index is -1.02. The molecule has 2 fully saturated rings. The van der Waals surface area contributed by atoms with E-state index in [1.807, 2.05) is 24.3 Å². The van der Waals surface area contributed by atoms with E-state index in [-0.39, 0.29) is 43.5 Å². The second kappa shape index (κ2) is 8.86. The molecule has 2 aromatic rings. The van der Waals surface area contributed by atoms with Crippen LogP contribution in [0.3, 0.4) is 0 Å². The Bertz CT molecular complexity index is 1040. The summed E-state index contributed by atoms with van der Waals surface area (Å²) in [5.74, 6) is -1.35. The molecule has 0 spiro atoms. The number of carbonyl (C=O) groups excluding carboxylic acids is 2. The largest absolute Gasteiger partial charge is 0.480 e. The van der Waals surface area contributed by atoms with Crippen LogP contribution in [-0.2, 0) is 19.1 Å². The standard InChI is InChI=1S/C25H26N2O6/c28-23(27-20-10-12-32-22(20)13-21(27)24(29)30)9-11-26-25(31)33-14-19-17-7-3-1-5-15(17)16-6-2-4-8-18(16)19/h1-8,19-22H,9-14H2,(H,26,31)(H,29,30)/t20-,21?,22-/m1/s1. The maximum absolute atomic E-state index is 12.7. The van der Waals surface area contributed by atoms with Crippen LogP contribution >= 0.6 is 0 Å². The first kappa shape index (κ1) is 21.5. The number of hydrogen-bond donors (Lipinski definition) is 2. The molecule has 1 unspecified atom stereocenters. The number of fused-ring (bicyclic) bond motifs is 4. The van der Waals surface area contributed by atoms with E-state index in [1.165, 1.54) is 4.90 Å². The van der Waals surface area contributed by atoms with Gasteiger partial charge in [-0.15, -0.1) is 0 Å². The van der Waals surface area contributed by atoms with Gasteiger partial charge in [0.1, 0.15) is 12.6 Å². The number of carboxylic acid groups (broad SMARTS) is 1. The molecule has 33 heavy (non-hydrogen) atoms. The second-order valence-electron chi connectivity index (χ2n) is 8.66. The summed E-state index contributed by atoms with van der Waals surface area (Å²) >= 11 is 0. The van der Waals surface area contributed by atoms with Crippen LogP contribution in [0.1, 0.15) is 36.3 Å². The molecule has 2 N–H and O–H groups in total. The minimum Gasteiger partial charge on any atom is -0.480 e. The van der Waals surface area contributed by atoms with Gasteiger partial charge in [-0.3, -0.25) is 4.79 Å². The summed E-state index contributed by atoms with van der Waals surface area (Å²) in [7, 11) is 0. The first-order valence-electron chi connectivity index (χ1n) is 11.3. The van der Waals surface area contributed by atoms with Gasteiger partial charge >= 0.3 is 12.1 Å². The molecule has 0 bridgehead atoms. The van der Waals surface area contributed by atoms with Gasteiger partial charge in [0.15, 0.2) is 0 Å². The van der Waals surface area contributed by atoms with Gasteiger partial charge in [-0.1, -0.05) is 48.5 Å². The van der Waals surface area contributed by atoms with E-state index in [4.69, 9.17) is 9.47 Å². The Kier molecular flexibility index (Phi) is 5.76. The van der Waals surface area contributed by atoms with E-state index < -0.39 is 18.1 Å². The van der Waals surface area contributed by atoms with Crippen LogP contribution in [0.25, 0.3) is 11.1 Å². The Morgan fingerprint density at radius 2 is 1.73 bits per heavy atom. The highest BCUT2D eigenvalue weighted by atomic mass is 16.5. The molecular weight excluding hydrogens is 424 g/mol. The summed E-state index contributed by atoms with van der Waals surface area (Å²) in [6, 6.07) is 15.1. The lowest BCUT2D eigenvalue weighted by molar-refractivity contribution is -0.149. The van der Waals surface area contributed by atoms with Crippen LogP contribution in [0, 0.1) is 0 Å². The molecule has 1 aliphatic carbocycles. The van der Waals surface area contributed by atoms with Crippen LogP contribution in [0.15, 0.2) is 48.5 Å². The fourth-order valence-corrected chi connectivity index (χ4v) is 5.37. The number of alkyl carbamates (subject to hydrolysis) is 1. The number of nitrogens with zero attached hydrogens (tertiary/aromatic N) is 1. The molecule has 3 aliphatic rings. The number of carbonyl (C=O) groups is 3. The number of hydrogen-bond acceptors (Lipinski definition) is 5. The van der Waals surface area contributed by atoms with E-state index in [1.54, 1.807) is 0 Å². The molecule has 2 aromatic carbocycles. The van der Waals surface area contributed by atoms with Crippen LogP contribution < -0.4 is 5.32 Å². The van der Waals surface area contributed by atoms with E-state index >= 15 is 0 Å². The maximum atomic E-state index is 12.7. The smallest absolute Gasteiger partial charge is 0.407 e. The lowest BCUT2D eigenvalue weighted by Gasteiger charge is -2.26. The molecule has 5 rings (SSSR count). The molecule has 2 heterocycles. The normalized spacial score (nSPS) is 23.0. The zero-order valence-corrected chi connectivity index (χ0v) is 18.1. The molecule has 8 heteroatoms. The predicted octanol–water partition coefficient (Wildman–Crippen LogP) is 2.76. The van der Waals surface area contributed by atoms with Gasteiger partial charge in [0, 0.05) is 31.9 Å². The molecule has 2 amide bonds. The summed E-state index contributed by atoms with van der Waals surface area (Å²) in [4.78, 5) is 38.1. The van der Waals surface area contributed by atoms with Crippen molar-refractivity contribution < 1.29 is 29.0 Å². The Morgan fingerprint density at radius 3 is 2.39 bits per heavy atom. The fourth-order valence-electron chi connectivity index (χ4n) is 5.37. The number of carboxylic acids is 1. The average molecular weight is 450 g/mol. The first-order chi connectivity index (χ1) is 16.0. The highest BCUT2D eigenvalue weighted by Gasteiger charge is 2.49. The molecule has 0 saturated carbocycles. The van der Waals surface area contributed by atoms with Crippen LogP contribution in [0.4, 0.5) is 4.79 Å². The number of amides is 2. The van der Waals surface area contributed by atoms with E-state index in [9.17, 15) is 19.5 Å². The summed E-state index contributed by atoms with van der Waals surface area (Å²) < 4.78 is 11.1. The van der Waals surface area contributed by atoms with Crippen LogP contribution in [0.5, 0.6) is 0 Å². The monoisotopic (exact) mass is 450 g/mol. The summed E-state index contributed by atoms with van der Waals surface area (Å²) in [5, 5.41) is 12.1. The summed E-state index contributed by atoms with van der Waals surface area (Å²) in [6.07, 6.45) is 0.149. The van der Waals surface area contributed by atoms with Gasteiger partial charge in [0.05, 0.1) is 12.1 Å². The van der Waals surface area contributed by atoms with Gasteiger partial charge in [-0.2, -0.15) is 0 Å². The Morgan fingerprint density at radius 1 is 1.06 bits per heavy atom. The molecule has 0 radical (unpaired) electrons. The van der Waals surface area contributed by atoms with E-state index in [0.717, 1.165) is 22.3 Å². The average Bonchev–Trinajstić information content (AvgIpc) is 3.49. The highest BCUT2D eigenvalue weighted by Crippen LogP contribution is 2.44. The van der Waals surface area contributed by atoms with Crippen molar-refractivity contribution in [3.05, 3.63) is 59.7 Å². The Balaban J connectivity index is 1.14. The van der Waals surface area contributed by atoms with Crippen molar-refractivity contribution in [1.29, 1.82) is 0 Å². The van der Waals surface area contributed by atoms with Crippen molar-refractivity contribution in [2.24, 2.45) is 0 Å². The quantitative estimate of drug-likeness (QED) is 0.701. The van der Waals surface area contributed by atoms with Crippen molar-refractivity contribution in [2.45, 2.75) is 43.4 Å². The number of ether oxygens (including phenoxy) is 2. The predicted molar refractivity (Wildman–Crippen MR) is 119 cm³/mol. The van der Waals surface area contributed by atoms with Gasteiger partial charge in [0.2, 0.25) is 5.91 Å². The van der Waals surface area contributed by atoms with Gasteiger partial charge in [0.25, 0.3) is 0 Å². The van der Waals surface area contributed by atoms with Crippen molar-refractivity contribution in [1.82, 2.24) is 10.2 Å². The Labute approximate surface area is 191 Å². The van der Waals surface area contributed by atoms with Gasteiger partial charge < -0.3 is 24.8 Å². The molecule has 2 saturated heterocycles.